The van der Waals surface area contributed by atoms with Crippen LogP contribution in [-0.2, 0) is 4.79 Å². The largest absolute Gasteiger partial charge is 0.508 e. The molecule has 0 radical (unpaired) electrons. The van der Waals surface area contributed by atoms with Crippen molar-refractivity contribution in [2.75, 3.05) is 56.0 Å². The van der Waals surface area contributed by atoms with Gasteiger partial charge in [-0.05, 0) is 61.9 Å². The van der Waals surface area contributed by atoms with Crippen LogP contribution in [0.5, 0.6) is 5.75 Å². The van der Waals surface area contributed by atoms with Gasteiger partial charge in [-0.15, -0.1) is 0 Å². The smallest absolute Gasteiger partial charge is 0.228 e. The molecule has 4 rings (SSSR count). The second kappa shape index (κ2) is 9.43. The maximum Gasteiger partial charge on any atom is 0.228 e. The Bertz CT molecular complexity index is 919. The fourth-order valence-electron chi connectivity index (χ4n) is 4.44. The predicted molar refractivity (Wildman–Crippen MR) is 125 cm³/mol. The second-order valence-electron chi connectivity index (χ2n) is 8.64. The molecule has 1 unspecified atom stereocenters. The lowest BCUT2D eigenvalue weighted by Gasteiger charge is -2.39. The Morgan fingerprint density at radius 1 is 1.10 bits per heavy atom. The lowest BCUT2D eigenvalue weighted by molar-refractivity contribution is -0.119. The van der Waals surface area contributed by atoms with Crippen molar-refractivity contribution in [1.29, 1.82) is 0 Å². The number of aryl methyl sites for hydroxylation is 1. The van der Waals surface area contributed by atoms with Gasteiger partial charge in [-0.2, -0.15) is 0 Å². The van der Waals surface area contributed by atoms with Crippen LogP contribution in [0.3, 0.4) is 0 Å². The van der Waals surface area contributed by atoms with Gasteiger partial charge in [-0.3, -0.25) is 9.69 Å². The van der Waals surface area contributed by atoms with Crippen LogP contribution >= 0.6 is 0 Å². The minimum atomic E-state index is -0.0141. The van der Waals surface area contributed by atoms with Gasteiger partial charge >= 0.3 is 0 Å². The van der Waals surface area contributed by atoms with E-state index >= 15 is 0 Å². The third kappa shape index (κ3) is 5.39. The van der Waals surface area contributed by atoms with Gasteiger partial charge in [-0.25, -0.2) is 0 Å². The number of carbonyl (C=O) groups is 1. The van der Waals surface area contributed by atoms with Crippen LogP contribution in [0.1, 0.15) is 12.0 Å². The number of amides is 1. The Morgan fingerprint density at radius 3 is 2.55 bits per heavy atom. The van der Waals surface area contributed by atoms with Gasteiger partial charge in [0.1, 0.15) is 5.75 Å². The summed E-state index contributed by atoms with van der Waals surface area (Å²) in [4.78, 5) is 19.7. The zero-order valence-corrected chi connectivity index (χ0v) is 18.3. The summed E-state index contributed by atoms with van der Waals surface area (Å²) in [6.45, 7) is 12.9. The van der Waals surface area contributed by atoms with Gasteiger partial charge in [-0.1, -0.05) is 18.7 Å². The van der Waals surface area contributed by atoms with E-state index in [4.69, 9.17) is 0 Å². The molecule has 0 aromatic heterocycles. The SMILES string of the molecule is C=C(CN1CCC(C(=O)Nc2ccc(O)cc2)C1)N1CCN(c2cccc(C)c2)CC1. The average Bonchev–Trinajstić information content (AvgIpc) is 3.24. The zero-order chi connectivity index (χ0) is 21.8. The molecule has 0 aliphatic carbocycles. The summed E-state index contributed by atoms with van der Waals surface area (Å²) in [5.74, 6) is 0.230. The standard InChI is InChI=1S/C25H32N4O2/c1-19-4-3-5-23(16-19)29-14-12-28(13-15-29)20(2)17-27-11-10-21(18-27)25(31)26-22-6-8-24(30)9-7-22/h3-9,16,21,30H,2,10-15,17-18H2,1H3,(H,26,31). The molecule has 6 heteroatoms. The van der Waals surface area contributed by atoms with Crippen molar-refractivity contribution in [3.05, 3.63) is 66.4 Å². The monoisotopic (exact) mass is 420 g/mol. The molecule has 31 heavy (non-hydrogen) atoms. The number of anilines is 2. The minimum absolute atomic E-state index is 0.0141. The number of carbonyl (C=O) groups excluding carboxylic acids is 1. The van der Waals surface area contributed by atoms with Gasteiger partial charge in [0.25, 0.3) is 0 Å². The number of likely N-dealkylation sites (tertiary alicyclic amines) is 1. The number of piperazine rings is 1. The molecule has 2 saturated heterocycles. The highest BCUT2D eigenvalue weighted by atomic mass is 16.3. The first-order valence-electron chi connectivity index (χ1n) is 11.0. The molecule has 0 spiro atoms. The average molecular weight is 421 g/mol. The highest BCUT2D eigenvalue weighted by molar-refractivity contribution is 5.92. The fourth-order valence-corrected chi connectivity index (χ4v) is 4.44. The molecule has 2 fully saturated rings. The third-order valence-corrected chi connectivity index (χ3v) is 6.28. The number of phenols is 1. The number of aromatic hydroxyl groups is 1. The molecule has 2 aromatic carbocycles. The lowest BCUT2D eigenvalue weighted by Crippen LogP contribution is -2.47. The highest BCUT2D eigenvalue weighted by Crippen LogP contribution is 2.23. The zero-order valence-electron chi connectivity index (χ0n) is 18.3. The first-order chi connectivity index (χ1) is 15.0. The van der Waals surface area contributed by atoms with Gasteiger partial charge in [0.15, 0.2) is 0 Å². The van der Waals surface area contributed by atoms with Crippen molar-refractivity contribution in [3.8, 4) is 5.75 Å². The Labute approximate surface area is 184 Å². The van der Waals surface area contributed by atoms with Crippen LogP contribution in [0.2, 0.25) is 0 Å². The number of hydrogen-bond acceptors (Lipinski definition) is 5. The molecule has 0 bridgehead atoms. The minimum Gasteiger partial charge on any atom is -0.508 e. The number of rotatable bonds is 6. The molecule has 2 N–H and O–H groups in total. The van der Waals surface area contributed by atoms with Crippen molar-refractivity contribution in [3.63, 3.8) is 0 Å². The summed E-state index contributed by atoms with van der Waals surface area (Å²) in [5, 5.41) is 12.3. The Morgan fingerprint density at radius 2 is 1.84 bits per heavy atom. The number of nitrogens with zero attached hydrogens (tertiary/aromatic N) is 3. The molecule has 164 valence electrons. The Balaban J connectivity index is 1.22. The fraction of sp³-hybridized carbons (Fsp3) is 0.400. The van der Waals surface area contributed by atoms with Gasteiger partial charge in [0.05, 0.1) is 5.92 Å². The lowest BCUT2D eigenvalue weighted by atomic mass is 10.1. The van der Waals surface area contributed by atoms with Crippen LogP contribution in [0.25, 0.3) is 0 Å². The first kappa shape index (κ1) is 21.2. The van der Waals surface area contributed by atoms with Gasteiger partial charge in [0.2, 0.25) is 5.91 Å². The number of benzene rings is 2. The van der Waals surface area contributed by atoms with E-state index < -0.39 is 0 Å². The van der Waals surface area contributed by atoms with Crippen LogP contribution in [0.15, 0.2) is 60.8 Å². The van der Waals surface area contributed by atoms with E-state index in [1.165, 1.54) is 11.3 Å². The van der Waals surface area contributed by atoms with Crippen molar-refractivity contribution in [2.24, 2.45) is 5.92 Å². The summed E-state index contributed by atoms with van der Waals surface area (Å²) < 4.78 is 0. The second-order valence-corrected chi connectivity index (χ2v) is 8.64. The van der Waals surface area contributed by atoms with Crippen LogP contribution in [-0.4, -0.2) is 66.6 Å². The number of hydrogen-bond donors (Lipinski definition) is 2. The third-order valence-electron chi connectivity index (χ3n) is 6.28. The quantitative estimate of drug-likeness (QED) is 0.703. The van der Waals surface area contributed by atoms with Crippen LogP contribution < -0.4 is 10.2 Å². The maximum absolute atomic E-state index is 12.6. The summed E-state index contributed by atoms with van der Waals surface area (Å²) in [6, 6.07) is 15.3. The van der Waals surface area contributed by atoms with E-state index in [0.29, 0.717) is 0 Å². The molecule has 2 aliphatic heterocycles. The molecule has 6 nitrogen and oxygen atoms in total. The summed E-state index contributed by atoms with van der Waals surface area (Å²) in [6.07, 6.45) is 0.859. The predicted octanol–water partition coefficient (Wildman–Crippen LogP) is 3.30. The van der Waals surface area contributed by atoms with Crippen molar-refractivity contribution in [1.82, 2.24) is 9.80 Å². The van der Waals surface area contributed by atoms with E-state index in [-0.39, 0.29) is 17.6 Å². The summed E-state index contributed by atoms with van der Waals surface area (Å²) in [7, 11) is 0. The molecular formula is C25H32N4O2. The van der Waals surface area contributed by atoms with E-state index in [1.54, 1.807) is 24.3 Å². The van der Waals surface area contributed by atoms with E-state index in [1.807, 2.05) is 0 Å². The van der Waals surface area contributed by atoms with Crippen molar-refractivity contribution in [2.45, 2.75) is 13.3 Å². The Hall–Kier alpha value is -2.99. The highest BCUT2D eigenvalue weighted by Gasteiger charge is 2.29. The normalized spacial score (nSPS) is 19.5. The number of nitrogens with one attached hydrogen (secondary N) is 1. The van der Waals surface area contributed by atoms with Gasteiger partial charge in [0, 0.05) is 56.3 Å². The van der Waals surface area contributed by atoms with Crippen LogP contribution in [0, 0.1) is 12.8 Å². The molecule has 2 aromatic rings. The van der Waals surface area contributed by atoms with Crippen molar-refractivity contribution >= 4 is 17.3 Å². The van der Waals surface area contributed by atoms with Crippen LogP contribution in [0.4, 0.5) is 11.4 Å². The molecule has 1 atom stereocenters. The Kier molecular flexibility index (Phi) is 6.47. The molecule has 2 heterocycles. The first-order valence-corrected chi connectivity index (χ1v) is 11.0. The summed E-state index contributed by atoms with van der Waals surface area (Å²) in [5.41, 5.74) is 4.45. The van der Waals surface area contributed by atoms with E-state index in [2.05, 4.69) is 57.8 Å². The summed E-state index contributed by atoms with van der Waals surface area (Å²) >= 11 is 0. The molecule has 1 amide bonds. The topological polar surface area (TPSA) is 59.1 Å². The van der Waals surface area contributed by atoms with Gasteiger partial charge < -0.3 is 20.2 Å². The molecule has 0 saturated carbocycles. The van der Waals surface area contributed by atoms with Crippen molar-refractivity contribution < 1.29 is 9.90 Å². The maximum atomic E-state index is 12.6. The van der Waals surface area contributed by atoms with E-state index in [0.717, 1.165) is 63.6 Å². The number of phenolic OH excluding ortho intramolecular Hbond substituents is 1. The van der Waals surface area contributed by atoms with E-state index in [9.17, 15) is 9.90 Å². The molecule has 2 aliphatic rings. The molecular weight excluding hydrogens is 388 g/mol.